The van der Waals surface area contributed by atoms with Gasteiger partial charge in [-0.1, -0.05) is 0 Å². The Hall–Kier alpha value is -1.29. The minimum absolute atomic E-state index is 0.171. The number of amides is 1. The van der Waals surface area contributed by atoms with E-state index in [1.165, 1.54) is 12.8 Å². The first-order valence-corrected chi connectivity index (χ1v) is 7.80. The molecule has 1 fully saturated rings. The Kier molecular flexibility index (Phi) is 5.24. The van der Waals surface area contributed by atoms with E-state index in [1.54, 1.807) is 0 Å². The molecule has 4 nitrogen and oxygen atoms in total. The third kappa shape index (κ3) is 3.42. The van der Waals surface area contributed by atoms with E-state index in [1.807, 2.05) is 23.2 Å². The minimum atomic E-state index is 0.171. The summed E-state index contributed by atoms with van der Waals surface area (Å²) in [7, 11) is 0. The third-order valence-electron chi connectivity index (χ3n) is 4.16. The van der Waals surface area contributed by atoms with Crippen LogP contribution in [0.15, 0.2) is 18.3 Å². The van der Waals surface area contributed by atoms with Gasteiger partial charge in [-0.05, 0) is 64.8 Å². The monoisotopic (exact) mass is 277 g/mol. The SMILES string of the molecule is CCN(CC1CCNCC1)C(=O)c1cccn1C(C)C. The largest absolute Gasteiger partial charge is 0.341 e. The Morgan fingerprint density at radius 2 is 2.15 bits per heavy atom. The van der Waals surface area contributed by atoms with Crippen LogP contribution in [0.25, 0.3) is 0 Å². The van der Waals surface area contributed by atoms with E-state index in [2.05, 4.69) is 30.7 Å². The van der Waals surface area contributed by atoms with Crippen LogP contribution in [0, 0.1) is 5.92 Å². The lowest BCUT2D eigenvalue weighted by Gasteiger charge is -2.30. The van der Waals surface area contributed by atoms with E-state index in [9.17, 15) is 4.79 Å². The van der Waals surface area contributed by atoms with Crippen molar-refractivity contribution in [3.05, 3.63) is 24.0 Å². The van der Waals surface area contributed by atoms with Crippen molar-refractivity contribution in [2.75, 3.05) is 26.2 Å². The van der Waals surface area contributed by atoms with Gasteiger partial charge in [0.2, 0.25) is 0 Å². The van der Waals surface area contributed by atoms with Crippen LogP contribution in [0.2, 0.25) is 0 Å². The number of piperidine rings is 1. The van der Waals surface area contributed by atoms with Gasteiger partial charge in [-0.2, -0.15) is 0 Å². The Morgan fingerprint density at radius 1 is 1.45 bits per heavy atom. The summed E-state index contributed by atoms with van der Waals surface area (Å²) in [5, 5.41) is 3.38. The number of rotatable bonds is 5. The molecule has 4 heteroatoms. The highest BCUT2D eigenvalue weighted by molar-refractivity contribution is 5.92. The second-order valence-corrected chi connectivity index (χ2v) is 5.93. The number of aromatic nitrogens is 1. The average molecular weight is 277 g/mol. The van der Waals surface area contributed by atoms with Crippen LogP contribution in [0.1, 0.15) is 50.1 Å². The van der Waals surface area contributed by atoms with Gasteiger partial charge in [-0.25, -0.2) is 0 Å². The van der Waals surface area contributed by atoms with Crippen LogP contribution in [-0.2, 0) is 0 Å². The molecule has 20 heavy (non-hydrogen) atoms. The lowest BCUT2D eigenvalue weighted by molar-refractivity contribution is 0.0714. The fraction of sp³-hybridized carbons (Fsp3) is 0.688. The standard InChI is InChI=1S/C16H27N3O/c1-4-18(12-14-7-9-17-10-8-14)16(20)15-6-5-11-19(15)13(2)3/h5-6,11,13-14,17H,4,7-10,12H2,1-3H3. The first-order valence-electron chi connectivity index (χ1n) is 7.80. The van der Waals surface area contributed by atoms with E-state index >= 15 is 0 Å². The molecule has 2 rings (SSSR count). The summed E-state index contributed by atoms with van der Waals surface area (Å²) in [5.74, 6) is 0.812. The van der Waals surface area contributed by atoms with Gasteiger partial charge in [0, 0.05) is 25.3 Å². The predicted molar refractivity (Wildman–Crippen MR) is 82.0 cm³/mol. The van der Waals surface area contributed by atoms with Crippen LogP contribution < -0.4 is 5.32 Å². The molecule has 0 spiro atoms. The highest BCUT2D eigenvalue weighted by atomic mass is 16.2. The van der Waals surface area contributed by atoms with Crippen molar-refractivity contribution < 1.29 is 4.79 Å². The van der Waals surface area contributed by atoms with Crippen molar-refractivity contribution in [1.29, 1.82) is 0 Å². The summed E-state index contributed by atoms with van der Waals surface area (Å²) >= 11 is 0. The Labute approximate surface area is 122 Å². The highest BCUT2D eigenvalue weighted by Crippen LogP contribution is 2.17. The first-order chi connectivity index (χ1) is 9.63. The number of nitrogens with one attached hydrogen (secondary N) is 1. The summed E-state index contributed by atoms with van der Waals surface area (Å²) < 4.78 is 2.06. The van der Waals surface area contributed by atoms with Gasteiger partial charge >= 0.3 is 0 Å². The van der Waals surface area contributed by atoms with Crippen LogP contribution in [0.3, 0.4) is 0 Å². The molecule has 2 heterocycles. The van der Waals surface area contributed by atoms with Gasteiger partial charge in [0.15, 0.2) is 0 Å². The van der Waals surface area contributed by atoms with Crippen molar-refractivity contribution in [3.8, 4) is 0 Å². The Morgan fingerprint density at radius 3 is 2.75 bits per heavy atom. The zero-order valence-corrected chi connectivity index (χ0v) is 12.9. The van der Waals surface area contributed by atoms with Gasteiger partial charge in [-0.3, -0.25) is 4.79 Å². The van der Waals surface area contributed by atoms with Crippen LogP contribution in [0.4, 0.5) is 0 Å². The Balaban J connectivity index is 2.06. The minimum Gasteiger partial charge on any atom is -0.341 e. The summed E-state index contributed by atoms with van der Waals surface area (Å²) in [4.78, 5) is 14.7. The van der Waals surface area contributed by atoms with Crippen LogP contribution >= 0.6 is 0 Å². The zero-order valence-electron chi connectivity index (χ0n) is 12.9. The maximum absolute atomic E-state index is 12.7. The molecule has 1 aromatic rings. The van der Waals surface area contributed by atoms with Gasteiger partial charge in [-0.15, -0.1) is 0 Å². The molecule has 0 aromatic carbocycles. The number of carbonyl (C=O) groups excluding carboxylic acids is 1. The number of hydrogen-bond donors (Lipinski definition) is 1. The zero-order chi connectivity index (χ0) is 14.5. The smallest absolute Gasteiger partial charge is 0.270 e. The van der Waals surface area contributed by atoms with Crippen molar-refractivity contribution >= 4 is 5.91 Å². The lowest BCUT2D eigenvalue weighted by atomic mass is 9.97. The molecular formula is C16H27N3O. The van der Waals surface area contributed by atoms with Gasteiger partial charge in [0.25, 0.3) is 5.91 Å². The molecule has 0 unspecified atom stereocenters. The average Bonchev–Trinajstić information content (AvgIpc) is 2.94. The molecular weight excluding hydrogens is 250 g/mol. The summed E-state index contributed by atoms with van der Waals surface area (Å²) in [6.07, 6.45) is 4.35. The summed E-state index contributed by atoms with van der Waals surface area (Å²) in [5.41, 5.74) is 0.816. The molecule has 0 atom stereocenters. The van der Waals surface area contributed by atoms with E-state index in [4.69, 9.17) is 0 Å². The van der Waals surface area contributed by atoms with Crippen molar-refractivity contribution in [2.45, 2.75) is 39.7 Å². The number of nitrogens with zero attached hydrogens (tertiary/aromatic N) is 2. The third-order valence-corrected chi connectivity index (χ3v) is 4.16. The summed E-state index contributed by atoms with van der Waals surface area (Å²) in [6.45, 7) is 10.1. The van der Waals surface area contributed by atoms with Crippen molar-refractivity contribution in [2.24, 2.45) is 5.92 Å². The number of carbonyl (C=O) groups is 1. The maximum atomic E-state index is 12.7. The van der Waals surface area contributed by atoms with Crippen molar-refractivity contribution in [3.63, 3.8) is 0 Å². The van der Waals surface area contributed by atoms with Gasteiger partial charge < -0.3 is 14.8 Å². The fourth-order valence-electron chi connectivity index (χ4n) is 2.92. The fourth-order valence-corrected chi connectivity index (χ4v) is 2.92. The molecule has 1 aromatic heterocycles. The molecule has 1 aliphatic heterocycles. The summed E-state index contributed by atoms with van der Waals surface area (Å²) in [6, 6.07) is 4.22. The molecule has 1 N–H and O–H groups in total. The second-order valence-electron chi connectivity index (χ2n) is 5.93. The molecule has 112 valence electrons. The van der Waals surface area contributed by atoms with Crippen LogP contribution in [-0.4, -0.2) is 41.6 Å². The molecule has 0 bridgehead atoms. The normalized spacial score (nSPS) is 16.6. The quantitative estimate of drug-likeness (QED) is 0.898. The van der Waals surface area contributed by atoms with E-state index < -0.39 is 0 Å². The first kappa shape index (κ1) is 15.1. The van der Waals surface area contributed by atoms with Gasteiger partial charge in [0.1, 0.15) is 5.69 Å². The highest BCUT2D eigenvalue weighted by Gasteiger charge is 2.22. The van der Waals surface area contributed by atoms with E-state index in [0.717, 1.165) is 31.9 Å². The van der Waals surface area contributed by atoms with Crippen LogP contribution in [0.5, 0.6) is 0 Å². The molecule has 1 saturated heterocycles. The molecule has 1 amide bonds. The molecule has 1 aliphatic rings. The van der Waals surface area contributed by atoms with E-state index in [-0.39, 0.29) is 5.91 Å². The predicted octanol–water partition coefficient (Wildman–Crippen LogP) is 2.53. The van der Waals surface area contributed by atoms with E-state index in [0.29, 0.717) is 12.0 Å². The number of hydrogen-bond acceptors (Lipinski definition) is 2. The topological polar surface area (TPSA) is 37.3 Å². The lowest BCUT2D eigenvalue weighted by Crippen LogP contribution is -2.40. The molecule has 0 aliphatic carbocycles. The molecule has 0 radical (unpaired) electrons. The van der Waals surface area contributed by atoms with Crippen molar-refractivity contribution in [1.82, 2.24) is 14.8 Å². The second kappa shape index (κ2) is 6.93. The molecule has 0 saturated carbocycles. The Bertz CT molecular complexity index is 433. The maximum Gasteiger partial charge on any atom is 0.270 e. The van der Waals surface area contributed by atoms with Gasteiger partial charge in [0.05, 0.1) is 0 Å².